The van der Waals surface area contributed by atoms with Crippen LogP contribution >= 0.6 is 26.6 Å². The van der Waals surface area contributed by atoms with Gasteiger partial charge in [-0.15, -0.1) is 0 Å². The lowest BCUT2D eigenvalue weighted by molar-refractivity contribution is -0.0408. The van der Waals surface area contributed by atoms with Crippen molar-refractivity contribution < 1.29 is 17.9 Å². The number of morpholine rings is 1. The lowest BCUT2D eigenvalue weighted by atomic mass is 10.2. The molecule has 5 nitrogen and oxygen atoms in total. The van der Waals surface area contributed by atoms with Gasteiger partial charge in [0.05, 0.1) is 6.61 Å². The predicted octanol–water partition coefficient (Wildman–Crippen LogP) is 2.39. The molecule has 0 aliphatic carbocycles. The van der Waals surface area contributed by atoms with Crippen molar-refractivity contribution in [1.82, 2.24) is 4.90 Å². The quantitative estimate of drug-likeness (QED) is 0.729. The van der Waals surface area contributed by atoms with Crippen LogP contribution in [0.25, 0.3) is 0 Å². The minimum absolute atomic E-state index is 0.0276. The molecule has 118 valence electrons. The van der Waals surface area contributed by atoms with Gasteiger partial charge in [0, 0.05) is 28.2 Å². The number of ether oxygens (including phenoxy) is 2. The molecule has 1 unspecified atom stereocenters. The molecular weight excluding hydrogens is 382 g/mol. The van der Waals surface area contributed by atoms with Crippen molar-refractivity contribution in [2.75, 3.05) is 33.4 Å². The average molecular weight is 399 g/mol. The topological polar surface area (TPSA) is 55.8 Å². The maximum Gasteiger partial charge on any atom is 0.265 e. The smallest absolute Gasteiger partial charge is 0.265 e. The molecule has 0 amide bonds. The summed E-state index contributed by atoms with van der Waals surface area (Å²) in [6, 6.07) is 3.23. The third kappa shape index (κ3) is 4.56. The van der Waals surface area contributed by atoms with Gasteiger partial charge in [0.25, 0.3) is 9.05 Å². The SMILES string of the molecule is Cc1cc(Br)cc(S(=O)(=O)Cl)c1OCC1CN(C)CCO1. The Hall–Kier alpha value is -0.340. The van der Waals surface area contributed by atoms with Crippen molar-refractivity contribution in [2.24, 2.45) is 0 Å². The summed E-state index contributed by atoms with van der Waals surface area (Å²) >= 11 is 3.27. The number of nitrogens with zero attached hydrogens (tertiary/aromatic N) is 1. The summed E-state index contributed by atoms with van der Waals surface area (Å²) < 4.78 is 35.3. The molecule has 1 fully saturated rings. The van der Waals surface area contributed by atoms with E-state index in [1.54, 1.807) is 13.0 Å². The highest BCUT2D eigenvalue weighted by Gasteiger charge is 2.23. The zero-order chi connectivity index (χ0) is 15.6. The Morgan fingerprint density at radius 1 is 1.52 bits per heavy atom. The summed E-state index contributed by atoms with van der Waals surface area (Å²) in [7, 11) is 3.62. The molecule has 1 aromatic carbocycles. The average Bonchev–Trinajstić information content (AvgIpc) is 2.36. The van der Waals surface area contributed by atoms with Gasteiger partial charge in [-0.1, -0.05) is 15.9 Å². The minimum Gasteiger partial charge on any atom is -0.489 e. The van der Waals surface area contributed by atoms with Crippen LogP contribution in [0.2, 0.25) is 0 Å². The molecule has 1 saturated heterocycles. The number of aryl methyl sites for hydroxylation is 1. The van der Waals surface area contributed by atoms with E-state index in [1.807, 2.05) is 7.05 Å². The van der Waals surface area contributed by atoms with Crippen molar-refractivity contribution in [1.29, 1.82) is 0 Å². The highest BCUT2D eigenvalue weighted by Crippen LogP contribution is 2.33. The largest absolute Gasteiger partial charge is 0.489 e. The first-order valence-corrected chi connectivity index (χ1v) is 9.55. The maximum absolute atomic E-state index is 11.7. The highest BCUT2D eigenvalue weighted by molar-refractivity contribution is 9.10. The van der Waals surface area contributed by atoms with Crippen molar-refractivity contribution >= 4 is 35.7 Å². The summed E-state index contributed by atoms with van der Waals surface area (Å²) in [5.74, 6) is 0.282. The van der Waals surface area contributed by atoms with Crippen LogP contribution in [0.4, 0.5) is 0 Å². The van der Waals surface area contributed by atoms with Crippen molar-refractivity contribution in [3.05, 3.63) is 22.2 Å². The second kappa shape index (κ2) is 6.83. The Kier molecular flexibility index (Phi) is 5.54. The second-order valence-electron chi connectivity index (χ2n) is 5.05. The van der Waals surface area contributed by atoms with E-state index < -0.39 is 9.05 Å². The molecule has 0 radical (unpaired) electrons. The number of rotatable bonds is 4. The molecule has 0 saturated carbocycles. The summed E-state index contributed by atoms with van der Waals surface area (Å²) in [5.41, 5.74) is 0.702. The first-order valence-electron chi connectivity index (χ1n) is 6.45. The molecule has 0 aromatic heterocycles. The van der Waals surface area contributed by atoms with Gasteiger partial charge in [-0.05, 0) is 31.7 Å². The van der Waals surface area contributed by atoms with Crippen LogP contribution < -0.4 is 4.74 Å². The number of likely N-dealkylation sites (N-methyl/N-ethyl adjacent to an activating group) is 1. The molecule has 1 atom stereocenters. The van der Waals surface area contributed by atoms with Gasteiger partial charge >= 0.3 is 0 Å². The fourth-order valence-corrected chi connectivity index (χ4v) is 3.99. The zero-order valence-corrected chi connectivity index (χ0v) is 15.0. The number of benzene rings is 1. The van der Waals surface area contributed by atoms with E-state index in [2.05, 4.69) is 20.8 Å². The fraction of sp³-hybridized carbons (Fsp3) is 0.538. The molecule has 0 N–H and O–H groups in total. The van der Waals surface area contributed by atoms with E-state index in [0.717, 1.165) is 13.1 Å². The molecule has 1 aliphatic rings. The minimum atomic E-state index is -3.88. The fourth-order valence-electron chi connectivity index (χ4n) is 2.21. The lowest BCUT2D eigenvalue weighted by Crippen LogP contribution is -2.42. The number of hydrogen-bond donors (Lipinski definition) is 0. The Labute approximate surface area is 137 Å². The van der Waals surface area contributed by atoms with Gasteiger partial charge in [-0.2, -0.15) is 0 Å². The molecule has 0 spiro atoms. The van der Waals surface area contributed by atoms with Gasteiger partial charge in [0.15, 0.2) is 0 Å². The molecule has 8 heteroatoms. The first-order chi connectivity index (χ1) is 9.77. The van der Waals surface area contributed by atoms with Crippen LogP contribution in [-0.2, 0) is 13.8 Å². The van der Waals surface area contributed by atoms with Crippen LogP contribution in [0.15, 0.2) is 21.5 Å². The van der Waals surface area contributed by atoms with E-state index in [4.69, 9.17) is 20.2 Å². The standard InChI is InChI=1S/C13H17BrClNO4S/c1-9-5-10(14)6-12(21(15,17)18)13(9)20-8-11-7-16(2)3-4-19-11/h5-6,11H,3-4,7-8H2,1-2H3. The Morgan fingerprint density at radius 3 is 2.86 bits per heavy atom. The zero-order valence-electron chi connectivity index (χ0n) is 11.8. The molecule has 2 rings (SSSR count). The Bertz CT molecular complexity index is 623. The van der Waals surface area contributed by atoms with Gasteiger partial charge < -0.3 is 14.4 Å². The van der Waals surface area contributed by atoms with Crippen LogP contribution in [0, 0.1) is 6.92 Å². The van der Waals surface area contributed by atoms with E-state index in [-0.39, 0.29) is 23.4 Å². The highest BCUT2D eigenvalue weighted by atomic mass is 79.9. The van der Waals surface area contributed by atoms with Crippen molar-refractivity contribution in [3.8, 4) is 5.75 Å². The van der Waals surface area contributed by atoms with Crippen LogP contribution in [0.3, 0.4) is 0 Å². The van der Waals surface area contributed by atoms with Crippen molar-refractivity contribution in [3.63, 3.8) is 0 Å². The van der Waals surface area contributed by atoms with E-state index in [9.17, 15) is 8.42 Å². The molecule has 1 heterocycles. The number of hydrogen-bond acceptors (Lipinski definition) is 5. The second-order valence-corrected chi connectivity index (χ2v) is 8.50. The summed E-state index contributed by atoms with van der Waals surface area (Å²) in [6.07, 6.45) is -0.0855. The van der Waals surface area contributed by atoms with Gasteiger partial charge in [0.1, 0.15) is 23.4 Å². The van der Waals surface area contributed by atoms with Crippen molar-refractivity contribution in [2.45, 2.75) is 17.9 Å². The monoisotopic (exact) mass is 397 g/mol. The van der Waals surface area contributed by atoms with Crippen LogP contribution in [0.1, 0.15) is 5.56 Å². The maximum atomic E-state index is 11.7. The molecule has 1 aromatic rings. The van der Waals surface area contributed by atoms with Crippen LogP contribution in [-0.4, -0.2) is 52.8 Å². The number of halogens is 2. The van der Waals surface area contributed by atoms with E-state index in [1.165, 1.54) is 6.07 Å². The van der Waals surface area contributed by atoms with Gasteiger partial charge in [-0.3, -0.25) is 0 Å². The molecule has 1 aliphatic heterocycles. The summed E-state index contributed by atoms with van der Waals surface area (Å²) in [6.45, 7) is 4.34. The summed E-state index contributed by atoms with van der Waals surface area (Å²) in [5, 5.41) is 0. The lowest BCUT2D eigenvalue weighted by Gasteiger charge is -2.30. The van der Waals surface area contributed by atoms with E-state index in [0.29, 0.717) is 16.6 Å². The van der Waals surface area contributed by atoms with Gasteiger partial charge in [0.2, 0.25) is 0 Å². The van der Waals surface area contributed by atoms with Crippen LogP contribution in [0.5, 0.6) is 5.75 Å². The van der Waals surface area contributed by atoms with Gasteiger partial charge in [-0.25, -0.2) is 8.42 Å². The summed E-state index contributed by atoms with van der Waals surface area (Å²) in [4.78, 5) is 2.12. The first kappa shape index (κ1) is 17.0. The Balaban J connectivity index is 2.19. The normalized spacial score (nSPS) is 20.5. The Morgan fingerprint density at radius 2 is 2.24 bits per heavy atom. The molecular formula is C13H17BrClNO4S. The molecule has 0 bridgehead atoms. The van der Waals surface area contributed by atoms with E-state index >= 15 is 0 Å². The third-order valence-corrected chi connectivity index (χ3v) is 5.01. The predicted molar refractivity (Wildman–Crippen MR) is 84.6 cm³/mol. The third-order valence-electron chi connectivity index (χ3n) is 3.22. The molecule has 21 heavy (non-hydrogen) atoms.